The Morgan fingerprint density at radius 2 is 1.86 bits per heavy atom. The van der Waals surface area contributed by atoms with E-state index in [1.807, 2.05) is 26.1 Å². The van der Waals surface area contributed by atoms with Crippen LogP contribution in [-0.2, 0) is 0 Å². The molecule has 1 unspecified atom stereocenters. The minimum Gasteiger partial charge on any atom is -0.492 e. The molecule has 1 aromatic rings. The third-order valence-electron chi connectivity index (χ3n) is 4.53. The lowest BCUT2D eigenvalue weighted by molar-refractivity contribution is 0.238. The van der Waals surface area contributed by atoms with Gasteiger partial charge in [0.1, 0.15) is 5.75 Å². The van der Waals surface area contributed by atoms with Crippen LogP contribution in [-0.4, -0.2) is 13.7 Å². The topological polar surface area (TPSA) is 21.3 Å². The van der Waals surface area contributed by atoms with Crippen LogP contribution < -0.4 is 10.1 Å². The highest BCUT2D eigenvalue weighted by Gasteiger charge is 2.28. The van der Waals surface area contributed by atoms with Crippen LogP contribution in [0.2, 0.25) is 10.0 Å². The molecule has 1 aliphatic carbocycles. The van der Waals surface area contributed by atoms with E-state index < -0.39 is 0 Å². The molecule has 2 rings (SSSR count). The molecule has 2 nitrogen and oxygen atoms in total. The highest BCUT2D eigenvalue weighted by molar-refractivity contribution is 6.34. The fourth-order valence-electron chi connectivity index (χ4n) is 3.31. The van der Waals surface area contributed by atoms with E-state index in [0.717, 1.165) is 16.5 Å². The van der Waals surface area contributed by atoms with Gasteiger partial charge in [0.05, 0.1) is 11.6 Å². The van der Waals surface area contributed by atoms with Gasteiger partial charge in [-0.15, -0.1) is 0 Å². The van der Waals surface area contributed by atoms with Gasteiger partial charge in [-0.2, -0.15) is 0 Å². The monoisotopic (exact) mass is 329 g/mol. The van der Waals surface area contributed by atoms with Gasteiger partial charge in [0.25, 0.3) is 0 Å². The maximum atomic E-state index is 6.48. The molecule has 1 fully saturated rings. The summed E-state index contributed by atoms with van der Waals surface area (Å²) in [6.45, 7) is 4.87. The predicted molar refractivity (Wildman–Crippen MR) is 90.6 cm³/mol. The first-order valence-electron chi connectivity index (χ1n) is 7.85. The van der Waals surface area contributed by atoms with E-state index in [2.05, 4.69) is 12.2 Å². The third-order valence-corrected chi connectivity index (χ3v) is 5.15. The van der Waals surface area contributed by atoms with Crippen molar-refractivity contribution >= 4 is 23.2 Å². The first kappa shape index (κ1) is 16.9. The Labute approximate surface area is 138 Å². The lowest BCUT2D eigenvalue weighted by Gasteiger charge is -2.33. The Kier molecular flexibility index (Phi) is 6.21. The Balaban J connectivity index is 2.23. The number of rotatable bonds is 5. The summed E-state index contributed by atoms with van der Waals surface area (Å²) < 4.78 is 5.51. The van der Waals surface area contributed by atoms with Crippen LogP contribution in [0.25, 0.3) is 0 Å². The van der Waals surface area contributed by atoms with Gasteiger partial charge in [-0.05, 0) is 50.3 Å². The molecule has 0 heterocycles. The van der Waals surface area contributed by atoms with Gasteiger partial charge in [0.15, 0.2) is 0 Å². The molecule has 0 amide bonds. The second-order valence-electron chi connectivity index (χ2n) is 6.02. The fourth-order valence-corrected chi connectivity index (χ4v) is 3.81. The van der Waals surface area contributed by atoms with Crippen molar-refractivity contribution in [1.82, 2.24) is 5.32 Å². The number of ether oxygens (including phenoxy) is 1. The summed E-state index contributed by atoms with van der Waals surface area (Å²) in [5.74, 6) is 2.14. The van der Waals surface area contributed by atoms with Crippen LogP contribution in [0.4, 0.5) is 0 Å². The molecule has 1 saturated carbocycles. The number of nitrogens with one attached hydrogen (secondary N) is 1. The van der Waals surface area contributed by atoms with Crippen LogP contribution >= 0.6 is 23.2 Å². The Hall–Kier alpha value is -0.440. The molecule has 0 radical (unpaired) electrons. The second-order valence-corrected chi connectivity index (χ2v) is 6.84. The minimum absolute atomic E-state index is 0.262. The van der Waals surface area contributed by atoms with Crippen LogP contribution in [0.1, 0.15) is 51.1 Å². The zero-order chi connectivity index (χ0) is 15.4. The van der Waals surface area contributed by atoms with Crippen LogP contribution in [0, 0.1) is 11.8 Å². The summed E-state index contributed by atoms with van der Waals surface area (Å²) in [6, 6.07) is 4.07. The van der Waals surface area contributed by atoms with Crippen molar-refractivity contribution in [3.05, 3.63) is 27.7 Å². The molecule has 1 N–H and O–H groups in total. The molecule has 0 bridgehead atoms. The van der Waals surface area contributed by atoms with E-state index in [4.69, 9.17) is 27.9 Å². The van der Waals surface area contributed by atoms with Gasteiger partial charge in [-0.3, -0.25) is 0 Å². The first-order valence-corrected chi connectivity index (χ1v) is 8.61. The lowest BCUT2D eigenvalue weighted by atomic mass is 9.77. The average molecular weight is 330 g/mol. The highest BCUT2D eigenvalue weighted by Crippen LogP contribution is 2.41. The van der Waals surface area contributed by atoms with Gasteiger partial charge in [-0.25, -0.2) is 0 Å². The van der Waals surface area contributed by atoms with E-state index in [9.17, 15) is 0 Å². The Morgan fingerprint density at radius 1 is 1.19 bits per heavy atom. The van der Waals surface area contributed by atoms with Crippen LogP contribution in [0.15, 0.2) is 12.1 Å². The summed E-state index contributed by atoms with van der Waals surface area (Å²) in [7, 11) is 2.00. The SMILES string of the molecule is CCOc1cc(Cl)c(C(NC)C2CCC(C)CC2)cc1Cl. The quantitative estimate of drug-likeness (QED) is 0.772. The Bertz CT molecular complexity index is 470. The zero-order valence-corrected chi connectivity index (χ0v) is 14.6. The number of hydrogen-bond acceptors (Lipinski definition) is 2. The molecule has 0 aromatic heterocycles. The van der Waals surface area contributed by atoms with Crippen LogP contribution in [0.5, 0.6) is 5.75 Å². The molecule has 0 aliphatic heterocycles. The van der Waals surface area contributed by atoms with Gasteiger partial charge in [-0.1, -0.05) is 43.0 Å². The van der Waals surface area contributed by atoms with E-state index in [0.29, 0.717) is 23.3 Å². The average Bonchev–Trinajstić information content (AvgIpc) is 2.47. The van der Waals surface area contributed by atoms with Crippen molar-refractivity contribution < 1.29 is 4.74 Å². The third kappa shape index (κ3) is 4.06. The number of hydrogen-bond donors (Lipinski definition) is 1. The molecule has 1 aliphatic rings. The van der Waals surface area contributed by atoms with Crippen molar-refractivity contribution in [2.24, 2.45) is 11.8 Å². The zero-order valence-electron chi connectivity index (χ0n) is 13.1. The molecule has 0 spiro atoms. The normalized spacial score (nSPS) is 23.9. The predicted octanol–water partition coefficient (Wildman–Crippen LogP) is 5.48. The summed E-state index contributed by atoms with van der Waals surface area (Å²) >= 11 is 12.8. The van der Waals surface area contributed by atoms with Crippen LogP contribution in [0.3, 0.4) is 0 Å². The summed E-state index contributed by atoms with van der Waals surface area (Å²) in [6.07, 6.45) is 5.08. The lowest BCUT2D eigenvalue weighted by Crippen LogP contribution is -2.28. The second kappa shape index (κ2) is 7.71. The summed E-state index contributed by atoms with van der Waals surface area (Å²) in [5, 5.41) is 4.81. The molecule has 1 atom stereocenters. The standard InChI is InChI=1S/C17H25Cl2NO/c1-4-21-16-10-14(18)13(9-15(16)19)17(20-3)12-7-5-11(2)6-8-12/h9-12,17,20H,4-8H2,1-3H3. The summed E-state index contributed by atoms with van der Waals surface area (Å²) in [4.78, 5) is 0. The Morgan fingerprint density at radius 3 is 2.43 bits per heavy atom. The summed E-state index contributed by atoms with van der Waals surface area (Å²) in [5.41, 5.74) is 1.09. The maximum absolute atomic E-state index is 6.48. The number of benzene rings is 1. The van der Waals surface area contributed by atoms with E-state index in [1.54, 1.807) is 0 Å². The van der Waals surface area contributed by atoms with Crippen molar-refractivity contribution in [2.45, 2.75) is 45.6 Å². The maximum Gasteiger partial charge on any atom is 0.139 e. The van der Waals surface area contributed by atoms with E-state index in [-0.39, 0.29) is 6.04 Å². The number of halogens is 2. The highest BCUT2D eigenvalue weighted by atomic mass is 35.5. The molecule has 1 aromatic carbocycles. The van der Waals surface area contributed by atoms with Crippen molar-refractivity contribution in [3.8, 4) is 5.75 Å². The molecular formula is C17H25Cl2NO. The van der Waals surface area contributed by atoms with Gasteiger partial charge in [0, 0.05) is 17.1 Å². The van der Waals surface area contributed by atoms with Crippen molar-refractivity contribution in [3.63, 3.8) is 0 Å². The van der Waals surface area contributed by atoms with E-state index >= 15 is 0 Å². The minimum atomic E-state index is 0.262. The first-order chi connectivity index (χ1) is 10.1. The molecular weight excluding hydrogens is 305 g/mol. The van der Waals surface area contributed by atoms with E-state index in [1.165, 1.54) is 25.7 Å². The smallest absolute Gasteiger partial charge is 0.139 e. The largest absolute Gasteiger partial charge is 0.492 e. The molecule has 118 valence electrons. The van der Waals surface area contributed by atoms with Gasteiger partial charge >= 0.3 is 0 Å². The van der Waals surface area contributed by atoms with Gasteiger partial charge in [0.2, 0.25) is 0 Å². The van der Waals surface area contributed by atoms with Gasteiger partial charge < -0.3 is 10.1 Å². The molecule has 0 saturated heterocycles. The molecule has 4 heteroatoms. The fraction of sp³-hybridized carbons (Fsp3) is 0.647. The van der Waals surface area contributed by atoms with Crippen molar-refractivity contribution in [1.29, 1.82) is 0 Å². The van der Waals surface area contributed by atoms with Crippen molar-refractivity contribution in [2.75, 3.05) is 13.7 Å². The molecule has 21 heavy (non-hydrogen) atoms.